The Labute approximate surface area is 249 Å². The van der Waals surface area contributed by atoms with Gasteiger partial charge in [-0.25, -0.2) is 0 Å². The molecular weight excluding hydrogens is 553 g/mol. The van der Waals surface area contributed by atoms with Crippen LogP contribution in [-0.4, -0.2) is 47.9 Å². The first-order valence-electron chi connectivity index (χ1n) is 14.2. The van der Waals surface area contributed by atoms with Gasteiger partial charge in [-0.3, -0.25) is 9.59 Å². The van der Waals surface area contributed by atoms with Crippen LogP contribution in [0.15, 0.2) is 103 Å². The van der Waals surface area contributed by atoms with Gasteiger partial charge in [0.15, 0.2) is 0 Å². The Morgan fingerprint density at radius 1 is 0.930 bits per heavy atom. The molecule has 0 saturated carbocycles. The van der Waals surface area contributed by atoms with Crippen molar-refractivity contribution in [1.82, 2.24) is 9.80 Å². The van der Waals surface area contributed by atoms with E-state index in [1.807, 2.05) is 84.6 Å². The summed E-state index contributed by atoms with van der Waals surface area (Å²) in [4.78, 5) is 28.2. The first-order valence-corrected chi connectivity index (χ1v) is 14.2. The highest BCUT2D eigenvalue weighted by Crippen LogP contribution is 2.37. The Kier molecular flexibility index (Phi) is 8.85. The van der Waals surface area contributed by atoms with Gasteiger partial charge >= 0.3 is 12.1 Å². The number of hydrogen-bond donors (Lipinski definition) is 0. The van der Waals surface area contributed by atoms with Crippen molar-refractivity contribution in [2.75, 3.05) is 20.1 Å². The Hall–Kier alpha value is -4.59. The van der Waals surface area contributed by atoms with Crippen LogP contribution in [0.4, 0.5) is 13.2 Å². The van der Waals surface area contributed by atoms with Crippen LogP contribution in [0.3, 0.4) is 0 Å². The molecule has 2 amide bonds. The molecule has 2 atom stereocenters. The minimum atomic E-state index is -4.94. The lowest BCUT2D eigenvalue weighted by Crippen LogP contribution is -2.40. The Balaban J connectivity index is 1.38. The van der Waals surface area contributed by atoms with Gasteiger partial charge in [-0.1, -0.05) is 84.9 Å². The number of ether oxygens (including phenoxy) is 1. The Bertz CT molecular complexity index is 1570. The van der Waals surface area contributed by atoms with Gasteiger partial charge in [0.05, 0.1) is 6.04 Å². The molecule has 4 aromatic rings. The van der Waals surface area contributed by atoms with Gasteiger partial charge < -0.3 is 14.5 Å². The minimum Gasteiger partial charge on any atom is -0.485 e. The van der Waals surface area contributed by atoms with Crippen LogP contribution in [0, 0.1) is 6.92 Å². The molecule has 0 radical (unpaired) electrons. The third-order valence-corrected chi connectivity index (χ3v) is 7.84. The fourth-order valence-corrected chi connectivity index (χ4v) is 5.60. The topological polar surface area (TPSA) is 49.9 Å². The number of hydrogen-bond acceptors (Lipinski definition) is 3. The third-order valence-electron chi connectivity index (χ3n) is 7.84. The molecule has 1 aliphatic heterocycles. The molecule has 5 rings (SSSR count). The highest BCUT2D eigenvalue weighted by Gasteiger charge is 2.41. The quantitative estimate of drug-likeness (QED) is 0.218. The van der Waals surface area contributed by atoms with Crippen molar-refractivity contribution in [3.05, 3.63) is 137 Å². The number of halogens is 3. The van der Waals surface area contributed by atoms with E-state index in [0.717, 1.165) is 35.7 Å². The number of benzene rings is 4. The highest BCUT2D eigenvalue weighted by atomic mass is 19.4. The summed E-state index contributed by atoms with van der Waals surface area (Å²) in [5, 5.41) is 0. The molecule has 0 unspecified atom stereocenters. The summed E-state index contributed by atoms with van der Waals surface area (Å²) >= 11 is 0. The third kappa shape index (κ3) is 6.74. The number of alkyl halides is 3. The lowest BCUT2D eigenvalue weighted by Gasteiger charge is -2.38. The number of fused-ring (bicyclic) bond motifs is 1. The van der Waals surface area contributed by atoms with Crippen molar-refractivity contribution >= 4 is 11.8 Å². The molecule has 1 aliphatic rings. The SMILES string of the molecule is Cc1cc(C(=O)N2CCc3ccccc3[C@@H]2c2ccccc2)ccc1O[C@@H](CCN(C)C(=O)C(F)(F)F)c1ccccc1. The number of amides is 2. The number of carbonyl (C=O) groups excluding carboxylic acids is 2. The summed E-state index contributed by atoms with van der Waals surface area (Å²) in [6, 6.07) is 32.4. The summed E-state index contributed by atoms with van der Waals surface area (Å²) in [5.74, 6) is -1.48. The second-order valence-corrected chi connectivity index (χ2v) is 10.8. The van der Waals surface area contributed by atoms with Crippen molar-refractivity contribution < 1.29 is 27.5 Å². The molecule has 8 heteroatoms. The standard InChI is InChI=1S/C35H33F3N2O3/c1-24-23-28(33(41)40-22-19-25-11-9-10-16-29(25)32(40)27-14-7-4-8-15-27)17-18-30(24)43-31(26-12-5-3-6-13-26)20-21-39(2)34(42)35(36,37)38/h3-18,23,31-32H,19-22H2,1-2H3/t31-,32-/m0/s1. The molecule has 0 saturated heterocycles. The molecule has 0 aliphatic carbocycles. The van der Waals surface area contributed by atoms with Crippen LogP contribution in [0.2, 0.25) is 0 Å². The van der Waals surface area contributed by atoms with Crippen LogP contribution in [0.25, 0.3) is 0 Å². The molecule has 222 valence electrons. The van der Waals surface area contributed by atoms with Crippen molar-refractivity contribution in [3.63, 3.8) is 0 Å². The fourth-order valence-electron chi connectivity index (χ4n) is 5.60. The van der Waals surface area contributed by atoms with Gasteiger partial charge in [0, 0.05) is 32.1 Å². The van der Waals surface area contributed by atoms with E-state index >= 15 is 0 Å². The van der Waals surface area contributed by atoms with Gasteiger partial charge in [0.25, 0.3) is 5.91 Å². The van der Waals surface area contributed by atoms with E-state index in [9.17, 15) is 22.8 Å². The van der Waals surface area contributed by atoms with E-state index in [2.05, 4.69) is 12.1 Å². The number of rotatable bonds is 8. The summed E-state index contributed by atoms with van der Waals surface area (Å²) in [6.07, 6.45) is -4.64. The first-order chi connectivity index (χ1) is 20.6. The van der Waals surface area contributed by atoms with Crippen molar-refractivity contribution in [2.24, 2.45) is 0 Å². The predicted molar refractivity (Wildman–Crippen MR) is 159 cm³/mol. The number of aryl methyl sites for hydroxylation is 1. The minimum absolute atomic E-state index is 0.0927. The zero-order valence-electron chi connectivity index (χ0n) is 24.1. The average Bonchev–Trinajstić information content (AvgIpc) is 3.02. The molecule has 43 heavy (non-hydrogen) atoms. The van der Waals surface area contributed by atoms with Crippen molar-refractivity contribution in [2.45, 2.75) is 38.1 Å². The van der Waals surface area contributed by atoms with E-state index in [-0.39, 0.29) is 24.9 Å². The normalized spacial score (nSPS) is 15.4. The van der Waals surface area contributed by atoms with Gasteiger partial charge in [0.1, 0.15) is 11.9 Å². The molecule has 0 aromatic heterocycles. The van der Waals surface area contributed by atoms with Crippen LogP contribution in [0.1, 0.15) is 56.7 Å². The van der Waals surface area contributed by atoms with Gasteiger partial charge in [-0.2, -0.15) is 13.2 Å². The lowest BCUT2D eigenvalue weighted by molar-refractivity contribution is -0.184. The second-order valence-electron chi connectivity index (χ2n) is 10.8. The molecule has 5 nitrogen and oxygen atoms in total. The molecule has 0 bridgehead atoms. The monoisotopic (exact) mass is 586 g/mol. The Morgan fingerprint density at radius 3 is 2.26 bits per heavy atom. The molecule has 1 heterocycles. The van der Waals surface area contributed by atoms with Crippen molar-refractivity contribution in [1.29, 1.82) is 0 Å². The maximum atomic E-state index is 14.0. The van der Waals surface area contributed by atoms with Crippen LogP contribution in [-0.2, 0) is 11.2 Å². The zero-order chi connectivity index (χ0) is 30.6. The van der Waals surface area contributed by atoms with Crippen LogP contribution in [0.5, 0.6) is 5.75 Å². The van der Waals surface area contributed by atoms with E-state index < -0.39 is 18.2 Å². The second kappa shape index (κ2) is 12.7. The van der Waals surface area contributed by atoms with Crippen molar-refractivity contribution in [3.8, 4) is 5.75 Å². The van der Waals surface area contributed by atoms with Gasteiger partial charge in [-0.15, -0.1) is 0 Å². The largest absolute Gasteiger partial charge is 0.485 e. The van der Waals surface area contributed by atoms with Gasteiger partial charge in [0.2, 0.25) is 0 Å². The van der Waals surface area contributed by atoms with Crippen LogP contribution < -0.4 is 4.74 Å². The summed E-state index contributed by atoms with van der Waals surface area (Å²) < 4.78 is 45.1. The molecule has 0 spiro atoms. The number of nitrogens with zero attached hydrogens (tertiary/aromatic N) is 2. The molecule has 0 N–H and O–H groups in total. The number of carbonyl (C=O) groups is 2. The maximum Gasteiger partial charge on any atom is 0.471 e. The smallest absolute Gasteiger partial charge is 0.471 e. The van der Waals surface area contributed by atoms with E-state index in [0.29, 0.717) is 22.8 Å². The molecule has 0 fully saturated rings. The average molecular weight is 587 g/mol. The molecular formula is C35H33F3N2O3. The maximum absolute atomic E-state index is 14.0. The molecule has 4 aromatic carbocycles. The van der Waals surface area contributed by atoms with E-state index in [1.54, 1.807) is 18.2 Å². The zero-order valence-corrected chi connectivity index (χ0v) is 24.1. The summed E-state index contributed by atoms with van der Waals surface area (Å²) in [7, 11) is 1.13. The predicted octanol–water partition coefficient (Wildman–Crippen LogP) is 7.31. The lowest BCUT2D eigenvalue weighted by atomic mass is 9.87. The fraction of sp³-hybridized carbons (Fsp3) is 0.257. The van der Waals surface area contributed by atoms with E-state index in [4.69, 9.17) is 4.74 Å². The summed E-state index contributed by atoms with van der Waals surface area (Å²) in [6.45, 7) is 2.27. The van der Waals surface area contributed by atoms with Crippen LogP contribution >= 0.6 is 0 Å². The summed E-state index contributed by atoms with van der Waals surface area (Å²) in [5.41, 5.74) is 5.41. The Morgan fingerprint density at radius 2 is 1.58 bits per heavy atom. The first kappa shape index (κ1) is 29.9. The highest BCUT2D eigenvalue weighted by molar-refractivity contribution is 5.95. The van der Waals surface area contributed by atoms with Gasteiger partial charge in [-0.05, 0) is 59.4 Å². The van der Waals surface area contributed by atoms with E-state index in [1.165, 1.54) is 5.56 Å².